The molecule has 42 heavy (non-hydrogen) atoms. The molecule has 0 radical (unpaired) electrons. The lowest BCUT2D eigenvalue weighted by Crippen LogP contribution is -2.67. The highest BCUT2D eigenvalue weighted by Crippen LogP contribution is 2.71. The maximum Gasteiger partial charge on any atom is 0.335 e. The number of hydrogen-bond donors (Lipinski definition) is 1. The number of esters is 2. The van der Waals surface area contributed by atoms with Crippen molar-refractivity contribution in [2.24, 2.45) is 28.1 Å². The smallest absolute Gasteiger partial charge is 0.335 e. The molecule has 2 aromatic rings. The fourth-order valence-electron chi connectivity index (χ4n) is 9.30. The maximum absolute atomic E-state index is 13.8. The van der Waals surface area contributed by atoms with Crippen LogP contribution < -0.4 is 0 Å². The number of carboxylic acids is 1. The molecule has 1 aromatic heterocycles. The standard InChI is InChI=1S/C33H32O9/c1-15-19(18-11-13-40-23(18)16-6-8-17(9-7-16)28(35)36)14-20-22(15)33(4)26(29(37)39-5)32(3)21(34)10-12-31(2)25(32)24(27(33)41-20)42-30(31)38/h6-13,19-20,24-27H,14H2,1-5H3,(H,35,36)/t19-,20-,24-,25+,26?,27-,31-,32+,33+/m1/s1. The zero-order valence-electron chi connectivity index (χ0n) is 24.0. The van der Waals surface area contributed by atoms with E-state index in [9.17, 15) is 24.3 Å². The van der Waals surface area contributed by atoms with Crippen LogP contribution in [0, 0.1) is 28.1 Å². The van der Waals surface area contributed by atoms with Crippen molar-refractivity contribution in [1.29, 1.82) is 0 Å². The molecule has 3 heterocycles. The Morgan fingerprint density at radius 1 is 1.05 bits per heavy atom. The summed E-state index contributed by atoms with van der Waals surface area (Å²) < 4.78 is 24.1. The van der Waals surface area contributed by atoms with Gasteiger partial charge in [-0.2, -0.15) is 0 Å². The van der Waals surface area contributed by atoms with Crippen molar-refractivity contribution in [2.75, 3.05) is 7.11 Å². The first-order chi connectivity index (χ1) is 19.9. The number of benzene rings is 1. The van der Waals surface area contributed by atoms with Gasteiger partial charge in [-0.1, -0.05) is 37.6 Å². The largest absolute Gasteiger partial charge is 0.478 e. The lowest BCUT2D eigenvalue weighted by Gasteiger charge is -2.57. The SMILES string of the molecule is COC(=O)C1[C@]2(C)C3=C(C)[C@H](c4ccoc4-c4ccc(C(=O)O)cc4)C[C@H]3O[C@@H]2[C@@H]2OC(=O)[C@]3(C)C=CC(=O)[C@@]1(C)[C@@H]23. The number of methoxy groups -OCH3 is 1. The molecule has 9 nitrogen and oxygen atoms in total. The minimum atomic E-state index is -1.25. The molecule has 1 unspecified atom stereocenters. The maximum atomic E-state index is 13.8. The van der Waals surface area contributed by atoms with E-state index in [2.05, 4.69) is 0 Å². The van der Waals surface area contributed by atoms with Crippen molar-refractivity contribution < 1.29 is 42.9 Å². The van der Waals surface area contributed by atoms with Gasteiger partial charge in [-0.3, -0.25) is 14.4 Å². The second kappa shape index (κ2) is 8.53. The van der Waals surface area contributed by atoms with Gasteiger partial charge < -0.3 is 23.7 Å². The van der Waals surface area contributed by atoms with E-state index in [4.69, 9.17) is 18.6 Å². The van der Waals surface area contributed by atoms with Crippen LogP contribution >= 0.6 is 0 Å². The van der Waals surface area contributed by atoms with Gasteiger partial charge in [-0.25, -0.2) is 4.79 Å². The van der Waals surface area contributed by atoms with E-state index in [-0.39, 0.29) is 23.4 Å². The van der Waals surface area contributed by atoms with Gasteiger partial charge in [0.15, 0.2) is 5.78 Å². The predicted molar refractivity (Wildman–Crippen MR) is 147 cm³/mol. The Labute approximate surface area is 242 Å². The highest BCUT2D eigenvalue weighted by molar-refractivity contribution is 6.03. The van der Waals surface area contributed by atoms with Crippen LogP contribution in [0.2, 0.25) is 0 Å². The van der Waals surface area contributed by atoms with E-state index >= 15 is 0 Å². The molecular weight excluding hydrogens is 540 g/mol. The van der Waals surface area contributed by atoms with Crippen LogP contribution in [-0.2, 0) is 28.6 Å². The zero-order chi connectivity index (χ0) is 29.9. The summed E-state index contributed by atoms with van der Waals surface area (Å²) in [5.74, 6) is -3.12. The van der Waals surface area contributed by atoms with Crippen LogP contribution in [0.25, 0.3) is 11.3 Å². The molecule has 1 saturated carbocycles. The summed E-state index contributed by atoms with van der Waals surface area (Å²) in [6.45, 7) is 7.54. The third-order valence-electron chi connectivity index (χ3n) is 11.0. The summed E-state index contributed by atoms with van der Waals surface area (Å²) in [6, 6.07) is 8.44. The first kappa shape index (κ1) is 26.9. The molecule has 2 aliphatic heterocycles. The molecule has 1 aromatic carbocycles. The van der Waals surface area contributed by atoms with Gasteiger partial charge >= 0.3 is 17.9 Å². The quantitative estimate of drug-likeness (QED) is 0.409. The van der Waals surface area contributed by atoms with Crippen molar-refractivity contribution in [3.05, 3.63) is 71.0 Å². The van der Waals surface area contributed by atoms with E-state index in [0.717, 1.165) is 22.3 Å². The van der Waals surface area contributed by atoms with Gasteiger partial charge in [-0.05, 0) is 50.1 Å². The Kier molecular flexibility index (Phi) is 5.46. The average molecular weight is 573 g/mol. The number of rotatable bonds is 4. The van der Waals surface area contributed by atoms with Crippen LogP contribution in [0.5, 0.6) is 0 Å². The summed E-state index contributed by atoms with van der Waals surface area (Å²) in [7, 11) is 1.33. The highest BCUT2D eigenvalue weighted by Gasteiger charge is 2.79. The molecule has 3 fully saturated rings. The molecule has 9 heteroatoms. The van der Waals surface area contributed by atoms with E-state index in [1.165, 1.54) is 13.2 Å². The van der Waals surface area contributed by atoms with Crippen LogP contribution in [0.15, 0.2) is 64.3 Å². The van der Waals surface area contributed by atoms with Crippen molar-refractivity contribution in [3.63, 3.8) is 0 Å². The van der Waals surface area contributed by atoms with E-state index in [1.54, 1.807) is 50.5 Å². The Hall–Kier alpha value is -3.98. The monoisotopic (exact) mass is 572 g/mol. The molecule has 3 aliphatic carbocycles. The molecule has 0 bridgehead atoms. The topological polar surface area (TPSA) is 129 Å². The van der Waals surface area contributed by atoms with E-state index < -0.39 is 58.2 Å². The normalized spacial score (nSPS) is 39.5. The molecule has 2 saturated heterocycles. The lowest BCUT2D eigenvalue weighted by molar-refractivity contribution is -0.199. The lowest BCUT2D eigenvalue weighted by atomic mass is 9.42. The second-order valence-corrected chi connectivity index (χ2v) is 12.9. The number of fused-ring (bicyclic) bond motifs is 4. The zero-order valence-corrected chi connectivity index (χ0v) is 24.0. The fourth-order valence-corrected chi connectivity index (χ4v) is 9.30. The molecule has 1 N–H and O–H groups in total. The number of carbonyl (C=O) groups excluding carboxylic acids is 3. The van der Waals surface area contributed by atoms with Crippen molar-refractivity contribution in [1.82, 2.24) is 0 Å². The van der Waals surface area contributed by atoms with Crippen LogP contribution in [0.3, 0.4) is 0 Å². The fraction of sp³-hybridized carbons (Fsp3) is 0.455. The van der Waals surface area contributed by atoms with Gasteiger partial charge in [-0.15, -0.1) is 0 Å². The summed E-state index contributed by atoms with van der Waals surface area (Å²) >= 11 is 0. The highest BCUT2D eigenvalue weighted by atomic mass is 16.6. The van der Waals surface area contributed by atoms with Crippen molar-refractivity contribution >= 4 is 23.7 Å². The molecule has 0 amide bonds. The number of furan rings is 1. The third kappa shape index (κ3) is 3.07. The number of carboxylic acid groups (broad SMARTS) is 1. The summed E-state index contributed by atoms with van der Waals surface area (Å²) in [6.07, 6.45) is 3.54. The van der Waals surface area contributed by atoms with Gasteiger partial charge in [0.05, 0.1) is 41.8 Å². The number of aromatic carboxylic acids is 1. The minimum absolute atomic E-state index is 0.113. The third-order valence-corrected chi connectivity index (χ3v) is 11.0. The van der Waals surface area contributed by atoms with Crippen LogP contribution in [0.1, 0.15) is 56.0 Å². The summed E-state index contributed by atoms with van der Waals surface area (Å²) in [5.41, 5.74) is 0.507. The molecule has 218 valence electrons. The summed E-state index contributed by atoms with van der Waals surface area (Å²) in [5, 5.41) is 9.30. The van der Waals surface area contributed by atoms with Crippen LogP contribution in [0.4, 0.5) is 0 Å². The summed E-state index contributed by atoms with van der Waals surface area (Å²) in [4.78, 5) is 52.3. The Morgan fingerprint density at radius 3 is 2.43 bits per heavy atom. The molecule has 9 atom stereocenters. The predicted octanol–water partition coefficient (Wildman–Crippen LogP) is 4.72. The van der Waals surface area contributed by atoms with Crippen molar-refractivity contribution in [3.8, 4) is 11.3 Å². The van der Waals surface area contributed by atoms with Gasteiger partial charge in [0.25, 0.3) is 0 Å². The molecule has 5 aliphatic rings. The Bertz CT molecular complexity index is 1630. The van der Waals surface area contributed by atoms with Gasteiger partial charge in [0.1, 0.15) is 18.0 Å². The molecule has 0 spiro atoms. The second-order valence-electron chi connectivity index (χ2n) is 12.9. The Balaban J connectivity index is 1.37. The van der Waals surface area contributed by atoms with E-state index in [1.807, 2.05) is 19.9 Å². The van der Waals surface area contributed by atoms with Crippen molar-refractivity contribution in [2.45, 2.75) is 58.3 Å². The van der Waals surface area contributed by atoms with E-state index in [0.29, 0.717) is 12.2 Å². The molecular formula is C33H32O9. The van der Waals surface area contributed by atoms with Gasteiger partial charge in [0, 0.05) is 28.4 Å². The number of hydrogen-bond acceptors (Lipinski definition) is 8. The Morgan fingerprint density at radius 2 is 1.76 bits per heavy atom. The first-order valence-electron chi connectivity index (χ1n) is 14.2. The average Bonchev–Trinajstić information content (AvgIpc) is 3.69. The number of carbonyl (C=O) groups is 4. The number of ether oxygens (including phenoxy) is 3. The molecule has 7 rings (SSSR count). The minimum Gasteiger partial charge on any atom is -0.478 e. The van der Waals surface area contributed by atoms with Gasteiger partial charge in [0.2, 0.25) is 0 Å². The first-order valence-corrected chi connectivity index (χ1v) is 14.2. The number of ketones is 1. The van der Waals surface area contributed by atoms with Crippen LogP contribution in [-0.4, -0.2) is 54.2 Å². The number of allylic oxidation sites excluding steroid dienone is 2.